The van der Waals surface area contributed by atoms with Crippen molar-refractivity contribution in [1.82, 2.24) is 0 Å². The van der Waals surface area contributed by atoms with E-state index in [1.54, 1.807) is 0 Å². The van der Waals surface area contributed by atoms with Gasteiger partial charge in [-0.25, -0.2) is 4.79 Å². The molecule has 0 saturated heterocycles. The van der Waals surface area contributed by atoms with Crippen LogP contribution in [0.25, 0.3) is 0 Å². The largest absolute Gasteiger partial charge is 0.458 e. The summed E-state index contributed by atoms with van der Waals surface area (Å²) in [6.45, 7) is 4.47. The fourth-order valence-corrected chi connectivity index (χ4v) is 0.597. The maximum atomic E-state index is 10.8. The van der Waals surface area contributed by atoms with Gasteiger partial charge < -0.3 is 9.47 Å². The van der Waals surface area contributed by atoms with Crippen LogP contribution in [0, 0.1) is 0 Å². The van der Waals surface area contributed by atoms with Crippen LogP contribution in [0.1, 0.15) is 13.3 Å². The van der Waals surface area contributed by atoms with Crippen LogP contribution in [-0.4, -0.2) is 24.3 Å². The third kappa shape index (κ3) is 8.42. The van der Waals surface area contributed by atoms with Crippen LogP contribution in [0.15, 0.2) is 25.0 Å². The quantitative estimate of drug-likeness (QED) is 0.281. The average Bonchev–Trinajstić information content (AvgIpc) is 2.15. The molecule has 0 heterocycles. The van der Waals surface area contributed by atoms with E-state index in [4.69, 9.17) is 0 Å². The maximum absolute atomic E-state index is 10.8. The smallest absolute Gasteiger partial charge is 0.330 e. The number of esters is 2. The summed E-state index contributed by atoms with van der Waals surface area (Å²) >= 11 is 0. The van der Waals surface area contributed by atoms with E-state index in [0.29, 0.717) is 0 Å². The molecule has 0 spiro atoms. The summed E-state index contributed by atoms with van der Waals surface area (Å²) in [6, 6.07) is 0. The van der Waals surface area contributed by atoms with Gasteiger partial charge in [0.1, 0.15) is 18.8 Å². The third-order valence-corrected chi connectivity index (χ3v) is 1.18. The van der Waals surface area contributed by atoms with Gasteiger partial charge >= 0.3 is 11.9 Å². The van der Waals surface area contributed by atoms with Crippen LogP contribution in [0.3, 0.4) is 0 Å². The molecule has 0 rings (SSSR count). The Morgan fingerprint density at radius 3 is 2.53 bits per heavy atom. The molecule has 0 fully saturated rings. The predicted molar refractivity (Wildman–Crippen MR) is 51.7 cm³/mol. The molecule has 0 aromatic rings. The summed E-state index contributed by atoms with van der Waals surface area (Å²) in [6.07, 6.45) is 3.16. The number of ether oxygens (including phenoxy) is 2. The van der Waals surface area contributed by atoms with Gasteiger partial charge in [-0.3, -0.25) is 9.59 Å². The van der Waals surface area contributed by atoms with Gasteiger partial charge in [0.2, 0.25) is 0 Å². The highest BCUT2D eigenvalue weighted by molar-refractivity contribution is 5.94. The van der Waals surface area contributed by atoms with Crippen molar-refractivity contribution in [3.63, 3.8) is 0 Å². The van der Waals surface area contributed by atoms with Gasteiger partial charge in [-0.1, -0.05) is 6.58 Å². The molecule has 5 nitrogen and oxygen atoms in total. The second-order valence-electron chi connectivity index (χ2n) is 2.57. The van der Waals surface area contributed by atoms with Crippen LogP contribution < -0.4 is 0 Å². The lowest BCUT2D eigenvalue weighted by Crippen LogP contribution is -2.05. The van der Waals surface area contributed by atoms with Crippen LogP contribution in [0.2, 0.25) is 0 Å². The summed E-state index contributed by atoms with van der Waals surface area (Å²) in [7, 11) is 0. The second kappa shape index (κ2) is 7.49. The topological polar surface area (TPSA) is 69.7 Å². The van der Waals surface area contributed by atoms with Crippen molar-refractivity contribution in [2.75, 3.05) is 6.61 Å². The first-order valence-electron chi connectivity index (χ1n) is 4.19. The second-order valence-corrected chi connectivity index (χ2v) is 2.57. The number of carbonyl (C=O) groups excluding carboxylic acids is 3. The van der Waals surface area contributed by atoms with Gasteiger partial charge in [-0.2, -0.15) is 0 Å². The Labute approximate surface area is 87.4 Å². The maximum Gasteiger partial charge on any atom is 0.330 e. The van der Waals surface area contributed by atoms with E-state index in [1.165, 1.54) is 13.0 Å². The lowest BCUT2D eigenvalue weighted by molar-refractivity contribution is -0.140. The summed E-state index contributed by atoms with van der Waals surface area (Å²) in [4.78, 5) is 31.8. The minimum Gasteiger partial charge on any atom is -0.458 e. The van der Waals surface area contributed by atoms with E-state index < -0.39 is 11.9 Å². The fraction of sp³-hybridized carbons (Fsp3) is 0.300. The van der Waals surface area contributed by atoms with E-state index in [9.17, 15) is 14.4 Å². The zero-order chi connectivity index (χ0) is 11.7. The van der Waals surface area contributed by atoms with Crippen molar-refractivity contribution in [1.29, 1.82) is 0 Å². The standard InChI is InChI=1S/C10H12O5/c1-3-9(12)14-5-4-6-15-10(13)7-8(2)11/h3-4,6H,1,5,7H2,2H3. The van der Waals surface area contributed by atoms with Crippen LogP contribution in [-0.2, 0) is 23.9 Å². The summed E-state index contributed by atoms with van der Waals surface area (Å²) < 4.78 is 9.06. The van der Waals surface area contributed by atoms with Gasteiger partial charge in [-0.15, -0.1) is 0 Å². The van der Waals surface area contributed by atoms with Gasteiger partial charge in [0.05, 0.1) is 6.26 Å². The first-order valence-corrected chi connectivity index (χ1v) is 4.19. The van der Waals surface area contributed by atoms with Crippen molar-refractivity contribution in [3.05, 3.63) is 25.0 Å². The SMILES string of the molecule is C=CC(=O)OCC=COC(=O)CC(C)=O. The number of hydrogen-bond acceptors (Lipinski definition) is 5. The molecule has 0 saturated carbocycles. The zero-order valence-corrected chi connectivity index (χ0v) is 8.39. The lowest BCUT2D eigenvalue weighted by Gasteiger charge is -1.96. The van der Waals surface area contributed by atoms with Crippen molar-refractivity contribution in [2.45, 2.75) is 13.3 Å². The monoisotopic (exact) mass is 212 g/mol. The molecule has 82 valence electrons. The molecule has 0 aliphatic carbocycles. The molecule has 0 N–H and O–H groups in total. The van der Waals surface area contributed by atoms with E-state index in [-0.39, 0.29) is 18.8 Å². The first-order chi connectivity index (χ1) is 7.06. The normalized spacial score (nSPS) is 9.67. The van der Waals surface area contributed by atoms with Crippen LogP contribution in [0.4, 0.5) is 0 Å². The van der Waals surface area contributed by atoms with Crippen LogP contribution in [0.5, 0.6) is 0 Å². The Balaban J connectivity index is 3.62. The van der Waals surface area contributed by atoms with E-state index in [1.807, 2.05) is 0 Å². The average molecular weight is 212 g/mol. The minimum absolute atomic E-state index is 0.0157. The van der Waals surface area contributed by atoms with Gasteiger partial charge in [-0.05, 0) is 13.0 Å². The van der Waals surface area contributed by atoms with Crippen molar-refractivity contribution in [3.8, 4) is 0 Å². The Hall–Kier alpha value is -1.91. The summed E-state index contributed by atoms with van der Waals surface area (Å²) in [5, 5.41) is 0. The number of Topliss-reactive ketones (excluding diaryl/α,β-unsaturated/α-hetero) is 1. The highest BCUT2D eigenvalue weighted by Gasteiger charge is 2.03. The van der Waals surface area contributed by atoms with Gasteiger partial charge in [0, 0.05) is 6.08 Å². The lowest BCUT2D eigenvalue weighted by atomic mass is 10.3. The molecule has 0 aliphatic rings. The Kier molecular flexibility index (Phi) is 6.54. The molecular weight excluding hydrogens is 200 g/mol. The fourth-order valence-electron chi connectivity index (χ4n) is 0.597. The molecule has 0 aromatic carbocycles. The Bertz CT molecular complexity index is 290. The zero-order valence-electron chi connectivity index (χ0n) is 8.39. The molecule has 0 aliphatic heterocycles. The van der Waals surface area contributed by atoms with E-state index in [0.717, 1.165) is 12.3 Å². The molecule has 0 unspecified atom stereocenters. The minimum atomic E-state index is -0.645. The molecule has 0 amide bonds. The molecule has 15 heavy (non-hydrogen) atoms. The number of carbonyl (C=O) groups is 3. The van der Waals surface area contributed by atoms with Gasteiger partial charge in [0.15, 0.2) is 0 Å². The van der Waals surface area contributed by atoms with E-state index in [2.05, 4.69) is 16.1 Å². The molecule has 0 radical (unpaired) electrons. The van der Waals surface area contributed by atoms with Crippen LogP contribution >= 0.6 is 0 Å². The third-order valence-electron chi connectivity index (χ3n) is 1.18. The summed E-state index contributed by atoms with van der Waals surface area (Å²) in [5.41, 5.74) is 0. The highest BCUT2D eigenvalue weighted by atomic mass is 16.5. The summed E-state index contributed by atoms with van der Waals surface area (Å²) in [5.74, 6) is -1.48. The number of hydrogen-bond donors (Lipinski definition) is 0. The first kappa shape index (κ1) is 13.1. The van der Waals surface area contributed by atoms with E-state index >= 15 is 0 Å². The molecular formula is C10H12O5. The Morgan fingerprint density at radius 1 is 1.33 bits per heavy atom. The van der Waals surface area contributed by atoms with Crippen molar-refractivity contribution >= 4 is 17.7 Å². The molecule has 5 heteroatoms. The van der Waals surface area contributed by atoms with Crippen molar-refractivity contribution < 1.29 is 23.9 Å². The molecule has 0 bridgehead atoms. The van der Waals surface area contributed by atoms with Crippen molar-refractivity contribution in [2.24, 2.45) is 0 Å². The number of ketones is 1. The highest BCUT2D eigenvalue weighted by Crippen LogP contribution is 1.89. The molecule has 0 atom stereocenters. The Morgan fingerprint density at radius 2 is 2.00 bits per heavy atom. The number of rotatable bonds is 6. The molecule has 0 aromatic heterocycles. The van der Waals surface area contributed by atoms with Gasteiger partial charge in [0.25, 0.3) is 0 Å². The predicted octanol–water partition coefficient (Wildman–Crippen LogP) is 0.752.